The molecule has 1 atom stereocenters. The maximum absolute atomic E-state index is 9.73. The Morgan fingerprint density at radius 2 is 2.41 bits per heavy atom. The lowest BCUT2D eigenvalue weighted by molar-refractivity contribution is 0.153. The van der Waals surface area contributed by atoms with Crippen molar-refractivity contribution < 1.29 is 14.4 Å². The Labute approximate surface area is 103 Å². The van der Waals surface area contributed by atoms with Crippen LogP contribution in [0.1, 0.15) is 31.7 Å². The van der Waals surface area contributed by atoms with E-state index in [2.05, 4.69) is 10.1 Å². The molecular formula is C11H14N2O3S. The largest absolute Gasteiger partial charge is 0.496 e. The highest BCUT2D eigenvalue weighted by Gasteiger charge is 2.16. The van der Waals surface area contributed by atoms with E-state index in [1.54, 1.807) is 7.11 Å². The van der Waals surface area contributed by atoms with E-state index in [1.165, 1.54) is 11.3 Å². The molecule has 17 heavy (non-hydrogen) atoms. The van der Waals surface area contributed by atoms with Crippen LogP contribution in [0.2, 0.25) is 0 Å². The van der Waals surface area contributed by atoms with Crippen LogP contribution in [0.4, 0.5) is 0 Å². The van der Waals surface area contributed by atoms with Gasteiger partial charge < -0.3 is 14.4 Å². The number of ether oxygens (including phenoxy) is 1. The lowest BCUT2D eigenvalue weighted by Gasteiger charge is -2.00. The summed E-state index contributed by atoms with van der Waals surface area (Å²) in [5.41, 5.74) is 0. The van der Waals surface area contributed by atoms with Crippen LogP contribution in [-0.4, -0.2) is 22.4 Å². The molecule has 2 aromatic rings. The SMILES string of the molecule is CCCC(O)c1noc(-c2cc(OC)cs2)n1. The van der Waals surface area contributed by atoms with Gasteiger partial charge in [0, 0.05) is 11.4 Å². The van der Waals surface area contributed by atoms with Crippen LogP contribution >= 0.6 is 11.3 Å². The van der Waals surface area contributed by atoms with E-state index in [-0.39, 0.29) is 0 Å². The second-order valence-corrected chi connectivity index (χ2v) is 4.52. The van der Waals surface area contributed by atoms with E-state index in [4.69, 9.17) is 9.26 Å². The van der Waals surface area contributed by atoms with E-state index in [1.807, 2.05) is 18.4 Å². The van der Waals surface area contributed by atoms with E-state index in [0.717, 1.165) is 17.0 Å². The van der Waals surface area contributed by atoms with Crippen molar-refractivity contribution in [3.63, 3.8) is 0 Å². The minimum absolute atomic E-state index is 0.342. The first-order valence-electron chi connectivity index (χ1n) is 5.39. The molecule has 2 rings (SSSR count). The molecule has 0 fully saturated rings. The second kappa shape index (κ2) is 5.29. The van der Waals surface area contributed by atoms with Crippen LogP contribution in [0, 0.1) is 0 Å². The van der Waals surface area contributed by atoms with Crippen molar-refractivity contribution in [2.45, 2.75) is 25.9 Å². The highest BCUT2D eigenvalue weighted by atomic mass is 32.1. The Bertz CT molecular complexity index is 481. The lowest BCUT2D eigenvalue weighted by atomic mass is 10.2. The lowest BCUT2D eigenvalue weighted by Crippen LogP contribution is -1.98. The maximum atomic E-state index is 9.73. The molecule has 0 spiro atoms. The fourth-order valence-corrected chi connectivity index (χ4v) is 2.19. The number of rotatable bonds is 5. The molecular weight excluding hydrogens is 240 g/mol. The van der Waals surface area contributed by atoms with Gasteiger partial charge in [-0.3, -0.25) is 0 Å². The zero-order valence-corrected chi connectivity index (χ0v) is 10.5. The minimum atomic E-state index is -0.653. The second-order valence-electron chi connectivity index (χ2n) is 3.61. The van der Waals surface area contributed by atoms with E-state index in [0.29, 0.717) is 18.1 Å². The fraction of sp³-hybridized carbons (Fsp3) is 0.455. The van der Waals surface area contributed by atoms with Crippen molar-refractivity contribution in [2.75, 3.05) is 7.11 Å². The molecule has 2 aromatic heterocycles. The van der Waals surface area contributed by atoms with Crippen LogP contribution in [0.25, 0.3) is 10.8 Å². The summed E-state index contributed by atoms with van der Waals surface area (Å²) in [6, 6.07) is 1.83. The number of aromatic nitrogens is 2. The first-order valence-corrected chi connectivity index (χ1v) is 6.27. The van der Waals surface area contributed by atoms with Crippen molar-refractivity contribution in [1.29, 1.82) is 0 Å². The molecule has 0 saturated carbocycles. The van der Waals surface area contributed by atoms with Crippen molar-refractivity contribution >= 4 is 11.3 Å². The summed E-state index contributed by atoms with van der Waals surface area (Å²) in [4.78, 5) is 5.01. The van der Waals surface area contributed by atoms with Gasteiger partial charge in [-0.1, -0.05) is 18.5 Å². The Kier molecular flexibility index (Phi) is 3.75. The van der Waals surface area contributed by atoms with E-state index < -0.39 is 6.10 Å². The predicted octanol–water partition coefficient (Wildman–Crippen LogP) is 2.64. The number of nitrogens with zero attached hydrogens (tertiary/aromatic N) is 2. The highest BCUT2D eigenvalue weighted by molar-refractivity contribution is 7.13. The molecule has 2 heterocycles. The first-order chi connectivity index (χ1) is 8.24. The number of aliphatic hydroxyl groups is 1. The van der Waals surface area contributed by atoms with Gasteiger partial charge in [0.2, 0.25) is 5.82 Å². The molecule has 0 radical (unpaired) electrons. The molecule has 92 valence electrons. The number of hydrogen-bond donors (Lipinski definition) is 1. The Morgan fingerprint density at radius 3 is 3.06 bits per heavy atom. The van der Waals surface area contributed by atoms with Gasteiger partial charge in [-0.05, 0) is 6.42 Å². The summed E-state index contributed by atoms with van der Waals surface area (Å²) in [6.45, 7) is 1.99. The molecule has 0 amide bonds. The third kappa shape index (κ3) is 2.65. The highest BCUT2D eigenvalue weighted by Crippen LogP contribution is 2.30. The molecule has 0 aliphatic carbocycles. The molecule has 0 aromatic carbocycles. The molecule has 5 nitrogen and oxygen atoms in total. The monoisotopic (exact) mass is 254 g/mol. The Hall–Kier alpha value is -1.40. The molecule has 1 N–H and O–H groups in total. The zero-order valence-electron chi connectivity index (χ0n) is 9.71. The number of thiophene rings is 1. The average molecular weight is 254 g/mol. The van der Waals surface area contributed by atoms with Crippen molar-refractivity contribution in [1.82, 2.24) is 10.1 Å². The van der Waals surface area contributed by atoms with Crippen LogP contribution in [0.15, 0.2) is 16.0 Å². The first kappa shape index (κ1) is 12.1. The summed E-state index contributed by atoms with van der Waals surface area (Å²) in [5, 5.41) is 15.4. The van der Waals surface area contributed by atoms with Crippen LogP contribution < -0.4 is 4.74 Å². The predicted molar refractivity (Wildman–Crippen MR) is 64.0 cm³/mol. The molecule has 1 unspecified atom stereocenters. The van der Waals surface area contributed by atoms with Gasteiger partial charge in [0.05, 0.1) is 12.0 Å². The Balaban J connectivity index is 2.17. The Morgan fingerprint density at radius 1 is 1.59 bits per heavy atom. The van der Waals surface area contributed by atoms with E-state index in [9.17, 15) is 5.11 Å². The molecule has 0 aliphatic heterocycles. The van der Waals surface area contributed by atoms with Gasteiger partial charge in [-0.15, -0.1) is 11.3 Å². The van der Waals surface area contributed by atoms with Crippen LogP contribution in [0.3, 0.4) is 0 Å². The third-order valence-electron chi connectivity index (χ3n) is 2.32. The van der Waals surface area contributed by atoms with Gasteiger partial charge in [-0.25, -0.2) is 0 Å². The summed E-state index contributed by atoms with van der Waals surface area (Å²) in [5.74, 6) is 1.52. The van der Waals surface area contributed by atoms with E-state index >= 15 is 0 Å². The standard InChI is InChI=1S/C11H14N2O3S/c1-3-4-8(14)10-12-11(16-13-10)9-5-7(15-2)6-17-9/h5-6,8,14H,3-4H2,1-2H3. The third-order valence-corrected chi connectivity index (χ3v) is 3.22. The molecule has 6 heteroatoms. The summed E-state index contributed by atoms with van der Waals surface area (Å²) < 4.78 is 10.2. The van der Waals surface area contributed by atoms with Gasteiger partial charge >= 0.3 is 0 Å². The van der Waals surface area contributed by atoms with Crippen LogP contribution in [0.5, 0.6) is 5.75 Å². The molecule has 0 saturated heterocycles. The van der Waals surface area contributed by atoms with Crippen LogP contribution in [-0.2, 0) is 0 Å². The summed E-state index contributed by atoms with van der Waals surface area (Å²) in [6.07, 6.45) is 0.851. The van der Waals surface area contributed by atoms with Crippen molar-refractivity contribution in [3.8, 4) is 16.5 Å². The zero-order chi connectivity index (χ0) is 12.3. The smallest absolute Gasteiger partial charge is 0.268 e. The van der Waals surface area contributed by atoms with Crippen molar-refractivity contribution in [3.05, 3.63) is 17.3 Å². The topological polar surface area (TPSA) is 68.4 Å². The average Bonchev–Trinajstić information content (AvgIpc) is 2.98. The van der Waals surface area contributed by atoms with Gasteiger partial charge in [0.15, 0.2) is 0 Å². The molecule has 0 bridgehead atoms. The quantitative estimate of drug-likeness (QED) is 0.888. The number of aliphatic hydroxyl groups excluding tert-OH is 1. The number of methoxy groups -OCH3 is 1. The fourth-order valence-electron chi connectivity index (χ4n) is 1.41. The normalized spacial score (nSPS) is 12.6. The van der Waals surface area contributed by atoms with Gasteiger partial charge in [-0.2, -0.15) is 4.98 Å². The summed E-state index contributed by atoms with van der Waals surface area (Å²) in [7, 11) is 1.61. The molecule has 0 aliphatic rings. The minimum Gasteiger partial charge on any atom is -0.496 e. The van der Waals surface area contributed by atoms with Gasteiger partial charge in [0.1, 0.15) is 11.9 Å². The maximum Gasteiger partial charge on any atom is 0.268 e. The van der Waals surface area contributed by atoms with Crippen molar-refractivity contribution in [2.24, 2.45) is 0 Å². The summed E-state index contributed by atoms with van der Waals surface area (Å²) >= 11 is 1.46. The number of hydrogen-bond acceptors (Lipinski definition) is 6. The van der Waals surface area contributed by atoms with Gasteiger partial charge in [0.25, 0.3) is 5.89 Å².